The maximum absolute atomic E-state index is 12.9. The van der Waals surface area contributed by atoms with Gasteiger partial charge in [-0.2, -0.15) is 13.2 Å². The van der Waals surface area contributed by atoms with Crippen molar-refractivity contribution in [3.05, 3.63) is 78.6 Å². The molecule has 0 spiro atoms. The van der Waals surface area contributed by atoms with Gasteiger partial charge >= 0.3 is 12.0 Å². The lowest BCUT2D eigenvalue weighted by Crippen LogP contribution is -2.45. The number of aromatic nitrogens is 1. The minimum Gasteiger partial charge on any atom is -0.350 e. The molecular formula is C21H15F3N2O2. The molecule has 4 nitrogen and oxygen atoms in total. The highest BCUT2D eigenvalue weighted by atomic mass is 19.4. The summed E-state index contributed by atoms with van der Waals surface area (Å²) < 4.78 is 38.6. The number of pyridine rings is 1. The van der Waals surface area contributed by atoms with E-state index in [0.29, 0.717) is 5.56 Å². The van der Waals surface area contributed by atoms with Crippen LogP contribution in [0.4, 0.5) is 13.2 Å². The molecule has 0 amide bonds. The van der Waals surface area contributed by atoms with Crippen LogP contribution in [0.25, 0.3) is 22.3 Å². The fourth-order valence-electron chi connectivity index (χ4n) is 3.06. The van der Waals surface area contributed by atoms with Crippen molar-refractivity contribution in [1.82, 2.24) is 4.98 Å². The summed E-state index contributed by atoms with van der Waals surface area (Å²) in [6.07, 6.45) is -2.20. The number of alkyl halides is 3. The van der Waals surface area contributed by atoms with Crippen LogP contribution in [-0.4, -0.2) is 27.8 Å². The van der Waals surface area contributed by atoms with E-state index in [9.17, 15) is 18.3 Å². The van der Waals surface area contributed by atoms with Gasteiger partial charge in [-0.05, 0) is 28.3 Å². The molecule has 142 valence electrons. The Bertz CT molecular complexity index is 1020. The molecule has 2 aromatic carbocycles. The lowest BCUT2D eigenvalue weighted by molar-refractivity contribution is -0.355. The molecule has 1 aliphatic heterocycles. The fourth-order valence-corrected chi connectivity index (χ4v) is 3.06. The average molecular weight is 384 g/mol. The van der Waals surface area contributed by atoms with Gasteiger partial charge in [-0.25, -0.2) is 0 Å². The normalized spacial score (nSPS) is 19.2. The second-order valence-corrected chi connectivity index (χ2v) is 6.45. The number of hydrogen-bond acceptors (Lipinski definition) is 4. The van der Waals surface area contributed by atoms with Crippen LogP contribution in [-0.2, 0) is 4.84 Å². The van der Waals surface area contributed by atoms with Gasteiger partial charge in [-0.1, -0.05) is 59.8 Å². The molecule has 1 atom stereocenters. The van der Waals surface area contributed by atoms with E-state index in [1.165, 1.54) is 0 Å². The van der Waals surface area contributed by atoms with Crippen molar-refractivity contribution < 1.29 is 23.1 Å². The lowest BCUT2D eigenvalue weighted by Gasteiger charge is -2.22. The van der Waals surface area contributed by atoms with Gasteiger partial charge in [-0.3, -0.25) is 4.98 Å². The van der Waals surface area contributed by atoms with Gasteiger partial charge in [0.25, 0.3) is 0 Å². The zero-order chi connectivity index (χ0) is 19.8. The van der Waals surface area contributed by atoms with Crippen molar-refractivity contribution >= 4 is 5.71 Å². The second-order valence-electron chi connectivity index (χ2n) is 6.45. The monoisotopic (exact) mass is 384 g/mol. The highest BCUT2D eigenvalue weighted by molar-refractivity contribution is 6.02. The number of aliphatic hydroxyl groups is 1. The minimum absolute atomic E-state index is 0.0457. The lowest BCUT2D eigenvalue weighted by atomic mass is 9.94. The largest absolute Gasteiger partial charge is 0.458 e. The van der Waals surface area contributed by atoms with Crippen molar-refractivity contribution in [1.29, 1.82) is 0 Å². The Morgan fingerprint density at radius 2 is 1.50 bits per heavy atom. The summed E-state index contributed by atoms with van der Waals surface area (Å²) in [5, 5.41) is 13.0. The van der Waals surface area contributed by atoms with Crippen molar-refractivity contribution in [2.24, 2.45) is 5.16 Å². The summed E-state index contributed by atoms with van der Waals surface area (Å²) in [6, 6.07) is 18.6. The summed E-state index contributed by atoms with van der Waals surface area (Å²) in [4.78, 5) is 8.47. The van der Waals surface area contributed by atoms with Crippen LogP contribution in [0.15, 0.2) is 78.2 Å². The van der Waals surface area contributed by atoms with Crippen molar-refractivity contribution in [2.45, 2.75) is 18.4 Å². The Kier molecular flexibility index (Phi) is 4.39. The van der Waals surface area contributed by atoms with Gasteiger partial charge in [0.2, 0.25) is 0 Å². The molecule has 0 aliphatic carbocycles. The van der Waals surface area contributed by atoms with E-state index in [4.69, 9.17) is 0 Å². The van der Waals surface area contributed by atoms with Crippen LogP contribution in [0.5, 0.6) is 0 Å². The Balaban J connectivity index is 1.63. The van der Waals surface area contributed by atoms with Gasteiger partial charge in [0.15, 0.2) is 0 Å². The van der Waals surface area contributed by atoms with Gasteiger partial charge < -0.3 is 9.94 Å². The molecule has 0 fully saturated rings. The molecule has 1 unspecified atom stereocenters. The maximum atomic E-state index is 12.9. The topological polar surface area (TPSA) is 54.7 Å². The molecule has 4 rings (SSSR count). The summed E-state index contributed by atoms with van der Waals surface area (Å²) >= 11 is 0. The number of hydrogen-bond donors (Lipinski definition) is 1. The van der Waals surface area contributed by atoms with Gasteiger partial charge in [-0.15, -0.1) is 0 Å². The van der Waals surface area contributed by atoms with Crippen LogP contribution < -0.4 is 0 Å². The molecule has 0 bridgehead atoms. The van der Waals surface area contributed by atoms with Crippen molar-refractivity contribution in [3.8, 4) is 22.3 Å². The molecule has 28 heavy (non-hydrogen) atoms. The zero-order valence-corrected chi connectivity index (χ0v) is 14.5. The van der Waals surface area contributed by atoms with Gasteiger partial charge in [0.05, 0.1) is 12.1 Å². The van der Waals surface area contributed by atoms with Crippen molar-refractivity contribution in [2.75, 3.05) is 0 Å². The Morgan fingerprint density at radius 3 is 2.14 bits per heavy atom. The van der Waals surface area contributed by atoms with Crippen LogP contribution in [0, 0.1) is 0 Å². The van der Waals surface area contributed by atoms with Crippen LogP contribution in [0.3, 0.4) is 0 Å². The zero-order valence-electron chi connectivity index (χ0n) is 14.5. The fraction of sp³-hybridized carbons (Fsp3) is 0.143. The number of benzene rings is 2. The standard InChI is InChI=1S/C21H15F3N2O2/c22-21(23,24)20(27)12-19(26-28-20)16-8-6-15(7-9-16)17-10-11-25-13-18(17)14-4-2-1-3-5-14/h1-11,13,27H,12H2. The first kappa shape index (κ1) is 18.2. The van der Waals surface area contributed by atoms with E-state index >= 15 is 0 Å². The highest BCUT2D eigenvalue weighted by Gasteiger charge is 2.60. The first-order valence-electron chi connectivity index (χ1n) is 8.52. The van der Waals surface area contributed by atoms with E-state index in [0.717, 1.165) is 22.3 Å². The number of oxime groups is 1. The van der Waals surface area contributed by atoms with E-state index in [2.05, 4.69) is 15.0 Å². The average Bonchev–Trinajstić information content (AvgIpc) is 3.12. The molecule has 0 saturated heterocycles. The predicted molar refractivity (Wildman–Crippen MR) is 98.4 cm³/mol. The summed E-state index contributed by atoms with van der Waals surface area (Å²) in [6.45, 7) is 0. The SMILES string of the molecule is OC1(C(F)(F)F)CC(c2ccc(-c3ccncc3-c3ccccc3)cc2)=NO1. The van der Waals surface area contributed by atoms with Crippen LogP contribution in [0.2, 0.25) is 0 Å². The molecule has 3 aromatic rings. The maximum Gasteiger partial charge on any atom is 0.458 e. The van der Waals surface area contributed by atoms with Crippen molar-refractivity contribution in [3.63, 3.8) is 0 Å². The molecule has 1 aliphatic rings. The van der Waals surface area contributed by atoms with E-state index in [1.54, 1.807) is 36.7 Å². The summed E-state index contributed by atoms with van der Waals surface area (Å²) in [7, 11) is 0. The van der Waals surface area contributed by atoms with E-state index in [-0.39, 0.29) is 5.71 Å². The second kappa shape index (κ2) is 6.76. The summed E-state index contributed by atoms with van der Waals surface area (Å²) in [5.74, 6) is -3.27. The van der Waals surface area contributed by atoms with Crippen LogP contribution >= 0.6 is 0 Å². The smallest absolute Gasteiger partial charge is 0.350 e. The van der Waals surface area contributed by atoms with E-state index in [1.807, 2.05) is 36.4 Å². The van der Waals surface area contributed by atoms with Crippen LogP contribution in [0.1, 0.15) is 12.0 Å². The molecule has 1 aromatic heterocycles. The third-order valence-electron chi connectivity index (χ3n) is 4.59. The first-order chi connectivity index (χ1) is 13.4. The molecule has 0 saturated carbocycles. The third-order valence-corrected chi connectivity index (χ3v) is 4.59. The summed E-state index contributed by atoms with van der Waals surface area (Å²) in [5.41, 5.74) is 4.30. The first-order valence-corrected chi connectivity index (χ1v) is 8.52. The number of nitrogens with zero attached hydrogens (tertiary/aromatic N) is 2. The quantitative estimate of drug-likeness (QED) is 0.706. The number of rotatable bonds is 3. The minimum atomic E-state index is -4.92. The van der Waals surface area contributed by atoms with Gasteiger partial charge in [0, 0.05) is 18.0 Å². The van der Waals surface area contributed by atoms with E-state index < -0.39 is 18.4 Å². The Labute approximate surface area is 158 Å². The number of halogens is 3. The molecule has 2 heterocycles. The molecule has 0 radical (unpaired) electrons. The molecule has 1 N–H and O–H groups in total. The third kappa shape index (κ3) is 3.25. The predicted octanol–water partition coefficient (Wildman–Crippen LogP) is 4.79. The molecular weight excluding hydrogens is 369 g/mol. The Hall–Kier alpha value is -3.19. The highest BCUT2D eigenvalue weighted by Crippen LogP contribution is 2.39. The molecule has 7 heteroatoms. The Morgan fingerprint density at radius 1 is 0.857 bits per heavy atom. The van der Waals surface area contributed by atoms with Gasteiger partial charge in [0.1, 0.15) is 0 Å².